The molecule has 2 rings (SSSR count). The van der Waals surface area contributed by atoms with Crippen LogP contribution < -0.4 is 0 Å². The first-order valence-electron chi connectivity index (χ1n) is 9.80. The van der Waals surface area contributed by atoms with Crippen LogP contribution in [0.3, 0.4) is 0 Å². The zero-order valence-corrected chi connectivity index (χ0v) is 23.6. The monoisotopic (exact) mass is 542 g/mol. The van der Waals surface area contributed by atoms with Gasteiger partial charge in [-0.2, -0.15) is 0 Å². The van der Waals surface area contributed by atoms with Gasteiger partial charge in [0.05, 0.1) is 0 Å². The summed E-state index contributed by atoms with van der Waals surface area (Å²) in [5.74, 6) is 0.677. The molecule has 0 aromatic heterocycles. The number of aromatic hydroxyl groups is 2. The van der Waals surface area contributed by atoms with Gasteiger partial charge in [-0.25, -0.2) is 0 Å². The summed E-state index contributed by atoms with van der Waals surface area (Å²) in [4.78, 5) is 7.81. The summed E-state index contributed by atoms with van der Waals surface area (Å²) in [6, 6.07) is 11.5. The Morgan fingerprint density at radius 3 is 1.23 bits per heavy atom. The Hall–Kier alpha value is -1.16. The standard InChI is InChI=1S/2C12H17NO.2ClH.Zr/c2*1-12(2,3)10-7-5-6-9(8-13-4)11(10)14;;;/h2*5-8,14H,1-4H3;2*1H;/q;;;;+2/p-2. The molecule has 0 unspecified atom stereocenters. The fraction of sp³-hybridized carbons (Fsp3) is 0.417. The first-order valence-corrected chi connectivity index (χ1v) is 16.1. The van der Waals surface area contributed by atoms with Crippen molar-refractivity contribution < 1.29 is 31.1 Å². The maximum atomic E-state index is 9.96. The molecule has 31 heavy (non-hydrogen) atoms. The summed E-state index contributed by atoms with van der Waals surface area (Å²) in [7, 11) is 13.3. The van der Waals surface area contributed by atoms with Crippen LogP contribution in [0.4, 0.5) is 0 Å². The van der Waals surface area contributed by atoms with Gasteiger partial charge in [-0.15, -0.1) is 0 Å². The molecule has 0 bridgehead atoms. The third-order valence-corrected chi connectivity index (χ3v) is 4.29. The van der Waals surface area contributed by atoms with Gasteiger partial charge in [-0.1, -0.05) is 65.8 Å². The van der Waals surface area contributed by atoms with Crippen molar-refractivity contribution in [2.75, 3.05) is 14.1 Å². The summed E-state index contributed by atoms with van der Waals surface area (Å²) in [5, 5.41) is 19.9. The van der Waals surface area contributed by atoms with Gasteiger partial charge in [-0.3, -0.25) is 9.98 Å². The number of hydrogen-bond donors (Lipinski definition) is 2. The predicted molar refractivity (Wildman–Crippen MR) is 132 cm³/mol. The Balaban J connectivity index is 0.000000516. The average Bonchev–Trinajstić information content (AvgIpc) is 2.65. The van der Waals surface area contributed by atoms with Crippen molar-refractivity contribution in [1.82, 2.24) is 0 Å². The predicted octanol–water partition coefficient (Wildman–Crippen LogP) is 6.85. The molecule has 0 radical (unpaired) electrons. The first kappa shape index (κ1) is 29.8. The molecule has 0 amide bonds. The molecule has 0 aliphatic rings. The Morgan fingerprint density at radius 1 is 0.710 bits per heavy atom. The second-order valence-corrected chi connectivity index (χ2v) is 12.6. The number of halogens is 2. The van der Waals surface area contributed by atoms with Crippen LogP contribution in [0.1, 0.15) is 63.8 Å². The molecule has 0 aliphatic heterocycles. The van der Waals surface area contributed by atoms with E-state index in [1.165, 1.54) is 0 Å². The molecule has 0 heterocycles. The minimum atomic E-state index is -0.826. The second kappa shape index (κ2) is 14.1. The van der Waals surface area contributed by atoms with E-state index in [1.807, 2.05) is 36.4 Å². The Morgan fingerprint density at radius 2 is 1.00 bits per heavy atom. The normalized spacial score (nSPS) is 11.5. The van der Waals surface area contributed by atoms with Crippen molar-refractivity contribution in [3.63, 3.8) is 0 Å². The zero-order valence-electron chi connectivity index (χ0n) is 19.7. The van der Waals surface area contributed by atoms with Gasteiger partial charge in [0.1, 0.15) is 11.5 Å². The van der Waals surface area contributed by atoms with Crippen molar-refractivity contribution in [3.05, 3.63) is 58.7 Å². The number of aliphatic imine (C=N–C) groups is 2. The van der Waals surface area contributed by atoms with E-state index in [1.54, 1.807) is 26.5 Å². The van der Waals surface area contributed by atoms with Crippen LogP contribution in [0.5, 0.6) is 11.5 Å². The minimum absolute atomic E-state index is 0.0400. The SMILES string of the molecule is CN=Cc1cccc(C(C)(C)C)c1O.CN=Cc1cccc(C(C)(C)C)c1O.[Cl][Zr][Cl]. The van der Waals surface area contributed by atoms with Gasteiger partial charge in [0.15, 0.2) is 0 Å². The Labute approximate surface area is 206 Å². The van der Waals surface area contributed by atoms with Crippen LogP contribution in [-0.2, 0) is 31.7 Å². The van der Waals surface area contributed by atoms with Crippen molar-refractivity contribution in [3.8, 4) is 11.5 Å². The summed E-state index contributed by atoms with van der Waals surface area (Å²) >= 11 is -0.826. The van der Waals surface area contributed by atoms with Gasteiger partial charge >= 0.3 is 37.9 Å². The molecule has 0 fully saturated rings. The van der Waals surface area contributed by atoms with Crippen molar-refractivity contribution in [1.29, 1.82) is 0 Å². The quantitative estimate of drug-likeness (QED) is 0.406. The van der Waals surface area contributed by atoms with E-state index in [-0.39, 0.29) is 10.8 Å². The number of benzene rings is 2. The second-order valence-electron chi connectivity index (χ2n) is 8.83. The van der Waals surface area contributed by atoms with Crippen LogP contribution in [0.15, 0.2) is 46.4 Å². The van der Waals surface area contributed by atoms with E-state index in [2.05, 4.69) is 51.5 Å². The number of rotatable bonds is 2. The molecule has 7 heteroatoms. The van der Waals surface area contributed by atoms with Crippen LogP contribution in [0.25, 0.3) is 0 Å². The molecule has 4 nitrogen and oxygen atoms in total. The van der Waals surface area contributed by atoms with Crippen LogP contribution >= 0.6 is 17.0 Å². The summed E-state index contributed by atoms with van der Waals surface area (Å²) in [5.41, 5.74) is 3.38. The van der Waals surface area contributed by atoms with Gasteiger partial charge < -0.3 is 10.2 Å². The van der Waals surface area contributed by atoms with Gasteiger partial charge in [0.25, 0.3) is 0 Å². The molecule has 2 N–H and O–H groups in total. The fourth-order valence-electron chi connectivity index (χ4n) is 2.82. The molecular weight excluding hydrogens is 510 g/mol. The van der Waals surface area contributed by atoms with Crippen molar-refractivity contribution in [2.45, 2.75) is 52.4 Å². The molecule has 2 aromatic carbocycles. The zero-order chi connectivity index (χ0) is 24.2. The summed E-state index contributed by atoms with van der Waals surface area (Å²) < 4.78 is 0. The van der Waals surface area contributed by atoms with Crippen molar-refractivity contribution in [2.24, 2.45) is 9.98 Å². The number of para-hydroxylation sites is 2. The van der Waals surface area contributed by atoms with E-state index >= 15 is 0 Å². The molecule has 0 spiro atoms. The molecule has 0 saturated heterocycles. The molecule has 0 atom stereocenters. The number of phenols is 2. The van der Waals surface area contributed by atoms with Crippen molar-refractivity contribution >= 4 is 29.5 Å². The summed E-state index contributed by atoms with van der Waals surface area (Å²) in [6.45, 7) is 12.5. The Kier molecular flexibility index (Phi) is 13.6. The first-order chi connectivity index (χ1) is 14.3. The Bertz CT molecular complexity index is 799. The molecule has 0 saturated carbocycles. The fourth-order valence-corrected chi connectivity index (χ4v) is 2.82. The van der Waals surface area contributed by atoms with Crippen LogP contribution in [0, 0.1) is 0 Å². The van der Waals surface area contributed by atoms with Gasteiger partial charge in [0.2, 0.25) is 0 Å². The van der Waals surface area contributed by atoms with Crippen LogP contribution in [-0.4, -0.2) is 36.7 Å². The van der Waals surface area contributed by atoms with Crippen LogP contribution in [0.2, 0.25) is 0 Å². The van der Waals surface area contributed by atoms with E-state index in [0.717, 1.165) is 22.3 Å². The van der Waals surface area contributed by atoms with E-state index in [4.69, 9.17) is 17.0 Å². The molecule has 0 aliphatic carbocycles. The van der Waals surface area contributed by atoms with Gasteiger partial charge in [-0.05, 0) is 34.1 Å². The van der Waals surface area contributed by atoms with E-state index < -0.39 is 20.8 Å². The number of phenolic OH excluding ortho intramolecular Hbond substituents is 2. The molecular formula is C24H34Cl2N2O2Zr. The van der Waals surface area contributed by atoms with E-state index in [0.29, 0.717) is 11.5 Å². The number of hydrogen-bond acceptors (Lipinski definition) is 4. The third kappa shape index (κ3) is 10.3. The van der Waals surface area contributed by atoms with Gasteiger partial charge in [0, 0.05) is 37.7 Å². The summed E-state index contributed by atoms with van der Waals surface area (Å²) in [6.07, 6.45) is 3.34. The topological polar surface area (TPSA) is 65.2 Å². The molecule has 170 valence electrons. The average molecular weight is 545 g/mol. The number of nitrogens with zero attached hydrogens (tertiary/aromatic N) is 2. The van der Waals surface area contributed by atoms with E-state index in [9.17, 15) is 10.2 Å². The third-order valence-electron chi connectivity index (χ3n) is 4.29. The maximum absolute atomic E-state index is 9.96. The molecule has 2 aromatic rings.